The summed E-state index contributed by atoms with van der Waals surface area (Å²) in [4.78, 5) is 10.8. The van der Waals surface area contributed by atoms with Crippen LogP contribution in [0.2, 0.25) is 18.1 Å². The number of carbonyl (C=O) groups is 1. The van der Waals surface area contributed by atoms with Gasteiger partial charge < -0.3 is 14.6 Å². The van der Waals surface area contributed by atoms with Crippen molar-refractivity contribution in [1.82, 2.24) is 0 Å². The molecule has 0 unspecified atom stereocenters. The number of aldehydes is 1. The van der Waals surface area contributed by atoms with Crippen molar-refractivity contribution in [1.29, 1.82) is 0 Å². The van der Waals surface area contributed by atoms with Crippen molar-refractivity contribution in [3.05, 3.63) is 23.3 Å². The molecule has 2 N–H and O–H groups in total. The maximum Gasteiger partial charge on any atom is 0.191 e. The van der Waals surface area contributed by atoms with Crippen LogP contribution in [0.25, 0.3) is 0 Å². The summed E-state index contributed by atoms with van der Waals surface area (Å²) < 4.78 is 6.07. The molecule has 0 aromatic heterocycles. The normalized spacial score (nSPS) is 12.4. The van der Waals surface area contributed by atoms with Crippen molar-refractivity contribution in [2.24, 2.45) is 0 Å². The highest BCUT2D eigenvalue weighted by atomic mass is 28.4. The van der Waals surface area contributed by atoms with E-state index in [4.69, 9.17) is 4.43 Å². The molecule has 0 aliphatic carbocycles. The zero-order valence-electron chi connectivity index (χ0n) is 13.6. The molecule has 0 saturated carbocycles. The largest absolute Gasteiger partial charge is 0.504 e. The number of phenolic OH excluding ortho intramolecular Hbond substituents is 2. The summed E-state index contributed by atoms with van der Waals surface area (Å²) in [6.45, 7) is 11.6. The van der Waals surface area contributed by atoms with E-state index in [0.717, 1.165) is 6.42 Å². The molecule has 0 spiro atoms. The van der Waals surface area contributed by atoms with Crippen LogP contribution in [-0.2, 0) is 10.8 Å². The topological polar surface area (TPSA) is 66.8 Å². The molecule has 0 atom stereocenters. The third kappa shape index (κ3) is 4.57. The van der Waals surface area contributed by atoms with E-state index in [9.17, 15) is 15.0 Å². The third-order valence-electron chi connectivity index (χ3n) is 4.19. The van der Waals surface area contributed by atoms with Gasteiger partial charge in [0.1, 0.15) is 6.29 Å². The molecule has 0 aliphatic heterocycles. The number of benzene rings is 1. The minimum atomic E-state index is -1.75. The fourth-order valence-corrected chi connectivity index (χ4v) is 2.85. The van der Waals surface area contributed by atoms with Crippen LogP contribution in [0.3, 0.4) is 0 Å². The molecule has 21 heavy (non-hydrogen) atoms. The Hall–Kier alpha value is -1.33. The van der Waals surface area contributed by atoms with Crippen molar-refractivity contribution in [3.8, 4) is 11.5 Å². The summed E-state index contributed by atoms with van der Waals surface area (Å²) >= 11 is 0. The summed E-state index contributed by atoms with van der Waals surface area (Å²) in [7, 11) is -1.75. The van der Waals surface area contributed by atoms with Gasteiger partial charge in [-0.05, 0) is 48.7 Å². The van der Waals surface area contributed by atoms with E-state index < -0.39 is 8.32 Å². The third-order valence-corrected chi connectivity index (χ3v) is 8.72. The van der Waals surface area contributed by atoms with Gasteiger partial charge in [0.15, 0.2) is 19.8 Å². The maximum atomic E-state index is 10.8. The molecule has 1 rings (SSSR count). The average molecular weight is 310 g/mol. The molecular weight excluding hydrogens is 284 g/mol. The van der Waals surface area contributed by atoms with Crippen molar-refractivity contribution in [2.75, 3.05) is 6.61 Å². The lowest BCUT2D eigenvalue weighted by Gasteiger charge is -2.36. The SMILES string of the molecule is CC(C)(C)[Si](C)(C)OCCCc1cc(C=O)cc(O)c1O. The molecular formula is C16H26O4Si. The fourth-order valence-electron chi connectivity index (χ4n) is 1.77. The number of aryl methyl sites for hydroxylation is 1. The summed E-state index contributed by atoms with van der Waals surface area (Å²) in [5, 5.41) is 19.6. The lowest BCUT2D eigenvalue weighted by molar-refractivity contribution is 0.112. The number of carbonyl (C=O) groups excluding carboxylic acids is 1. The summed E-state index contributed by atoms with van der Waals surface area (Å²) in [5.74, 6) is -0.396. The van der Waals surface area contributed by atoms with Crippen LogP contribution in [0.15, 0.2) is 12.1 Å². The van der Waals surface area contributed by atoms with Gasteiger partial charge in [-0.3, -0.25) is 4.79 Å². The summed E-state index contributed by atoms with van der Waals surface area (Å²) in [6, 6.07) is 2.87. The first-order valence-corrected chi connectivity index (χ1v) is 10.1. The standard InChI is InChI=1S/C16H26O4Si/c1-16(2,3)21(4,5)20-8-6-7-13-9-12(11-17)10-14(18)15(13)19/h9-11,18-19H,6-8H2,1-5H3. The maximum absolute atomic E-state index is 10.8. The Labute approximate surface area is 127 Å². The Morgan fingerprint density at radius 2 is 1.86 bits per heavy atom. The molecule has 0 saturated heterocycles. The van der Waals surface area contributed by atoms with Crippen LogP contribution in [0.1, 0.15) is 43.1 Å². The van der Waals surface area contributed by atoms with Crippen LogP contribution < -0.4 is 0 Å². The van der Waals surface area contributed by atoms with E-state index in [0.29, 0.717) is 30.4 Å². The van der Waals surface area contributed by atoms with Gasteiger partial charge in [-0.1, -0.05) is 20.8 Å². The van der Waals surface area contributed by atoms with Crippen LogP contribution in [0, 0.1) is 0 Å². The van der Waals surface area contributed by atoms with Gasteiger partial charge in [0, 0.05) is 12.2 Å². The second-order valence-electron chi connectivity index (χ2n) is 6.88. The zero-order valence-corrected chi connectivity index (χ0v) is 14.6. The van der Waals surface area contributed by atoms with Gasteiger partial charge in [-0.15, -0.1) is 0 Å². The van der Waals surface area contributed by atoms with Crippen molar-refractivity contribution < 1.29 is 19.4 Å². The van der Waals surface area contributed by atoms with E-state index in [1.165, 1.54) is 6.07 Å². The highest BCUT2D eigenvalue weighted by molar-refractivity contribution is 6.74. The zero-order chi connectivity index (χ0) is 16.3. The molecule has 1 aromatic rings. The molecule has 118 valence electrons. The van der Waals surface area contributed by atoms with Crippen LogP contribution in [0.5, 0.6) is 11.5 Å². The fraction of sp³-hybridized carbons (Fsp3) is 0.562. The second kappa shape index (κ2) is 6.62. The van der Waals surface area contributed by atoms with E-state index in [1.54, 1.807) is 6.07 Å². The lowest BCUT2D eigenvalue weighted by Crippen LogP contribution is -2.41. The molecule has 0 heterocycles. The van der Waals surface area contributed by atoms with Gasteiger partial charge in [0.05, 0.1) is 0 Å². The first kappa shape index (κ1) is 17.7. The van der Waals surface area contributed by atoms with E-state index >= 15 is 0 Å². The predicted octanol–water partition coefficient (Wildman–Crippen LogP) is 3.86. The molecule has 5 heteroatoms. The highest BCUT2D eigenvalue weighted by Crippen LogP contribution is 2.36. The number of hydrogen-bond acceptors (Lipinski definition) is 4. The summed E-state index contributed by atoms with van der Waals surface area (Å²) in [6.07, 6.45) is 1.96. The van der Waals surface area contributed by atoms with Crippen molar-refractivity contribution in [2.45, 2.75) is 51.7 Å². The smallest absolute Gasteiger partial charge is 0.191 e. The minimum Gasteiger partial charge on any atom is -0.504 e. The number of rotatable bonds is 6. The average Bonchev–Trinajstić information content (AvgIpc) is 2.37. The molecule has 4 nitrogen and oxygen atoms in total. The Morgan fingerprint density at radius 1 is 1.24 bits per heavy atom. The Morgan fingerprint density at radius 3 is 2.38 bits per heavy atom. The van der Waals surface area contributed by atoms with Crippen LogP contribution >= 0.6 is 0 Å². The van der Waals surface area contributed by atoms with Gasteiger partial charge >= 0.3 is 0 Å². The van der Waals surface area contributed by atoms with Crippen molar-refractivity contribution in [3.63, 3.8) is 0 Å². The molecule has 0 bridgehead atoms. The molecule has 1 aromatic carbocycles. The summed E-state index contributed by atoms with van der Waals surface area (Å²) in [5.41, 5.74) is 0.946. The Balaban J connectivity index is 2.61. The predicted molar refractivity (Wildman–Crippen MR) is 86.6 cm³/mol. The minimum absolute atomic E-state index is 0.145. The molecule has 0 aliphatic rings. The van der Waals surface area contributed by atoms with Gasteiger partial charge in [0.2, 0.25) is 0 Å². The van der Waals surface area contributed by atoms with Gasteiger partial charge in [-0.25, -0.2) is 0 Å². The number of aromatic hydroxyl groups is 2. The van der Waals surface area contributed by atoms with Crippen molar-refractivity contribution >= 4 is 14.6 Å². The number of hydrogen-bond donors (Lipinski definition) is 2. The highest BCUT2D eigenvalue weighted by Gasteiger charge is 2.36. The van der Waals surface area contributed by atoms with Crippen LogP contribution in [0.4, 0.5) is 0 Å². The Kier molecular flexibility index (Phi) is 5.59. The van der Waals surface area contributed by atoms with E-state index in [-0.39, 0.29) is 16.5 Å². The molecule has 0 amide bonds. The first-order chi connectivity index (χ1) is 9.58. The molecule has 0 radical (unpaired) electrons. The van der Waals surface area contributed by atoms with Gasteiger partial charge in [0.25, 0.3) is 0 Å². The number of phenols is 2. The second-order valence-corrected chi connectivity index (χ2v) is 11.7. The quantitative estimate of drug-likeness (QED) is 0.362. The first-order valence-electron chi connectivity index (χ1n) is 7.22. The van der Waals surface area contributed by atoms with Crippen LogP contribution in [-0.4, -0.2) is 31.4 Å². The lowest BCUT2D eigenvalue weighted by atomic mass is 10.1. The molecule has 0 fully saturated rings. The Bertz CT molecular complexity index is 504. The van der Waals surface area contributed by atoms with E-state index in [2.05, 4.69) is 33.9 Å². The monoisotopic (exact) mass is 310 g/mol. The van der Waals surface area contributed by atoms with Gasteiger partial charge in [-0.2, -0.15) is 0 Å². The van der Waals surface area contributed by atoms with E-state index in [1.807, 2.05) is 0 Å².